The molecule has 0 spiro atoms. The van der Waals surface area contributed by atoms with Crippen LogP contribution >= 0.6 is 0 Å². The Morgan fingerprint density at radius 3 is 2.38 bits per heavy atom. The predicted molar refractivity (Wildman–Crippen MR) is 91.9 cm³/mol. The summed E-state index contributed by atoms with van der Waals surface area (Å²) < 4.78 is 71.8. The summed E-state index contributed by atoms with van der Waals surface area (Å²) in [7, 11) is -2.86. The van der Waals surface area contributed by atoms with Crippen LogP contribution in [0.25, 0.3) is 0 Å². The summed E-state index contributed by atoms with van der Waals surface area (Å²) in [5.74, 6) is -0.783. The van der Waals surface area contributed by atoms with Crippen molar-refractivity contribution in [2.75, 3.05) is 46.5 Å². The molecule has 0 unspecified atom stereocenters. The summed E-state index contributed by atoms with van der Waals surface area (Å²) in [6.07, 6.45) is -4.55. The molecule has 1 aliphatic heterocycles. The van der Waals surface area contributed by atoms with Gasteiger partial charge in [-0.1, -0.05) is 0 Å². The first-order valence-electron chi connectivity index (χ1n) is 8.20. The van der Waals surface area contributed by atoms with Crippen LogP contribution in [0.4, 0.5) is 18.9 Å². The molecule has 162 valence electrons. The molecule has 1 aromatic carbocycles. The molecule has 1 aliphatic rings. The van der Waals surface area contributed by atoms with Gasteiger partial charge in [0.15, 0.2) is 5.75 Å². The van der Waals surface area contributed by atoms with Crippen molar-refractivity contribution in [1.82, 2.24) is 9.21 Å². The number of nitro benzene ring substituents is 1. The number of rotatable bonds is 7. The standard InChI is InChI=1S/C15H18F3N3O7S/c1-27-13-3-2-11(8-12(13)21(23)24)29(25,26)20-6-4-19(5-7-20)14(22)9-28-10-15(16,17)18/h2-3,8H,4-7,9-10H2,1H3. The number of nitrogens with zero attached hydrogens (tertiary/aromatic N) is 3. The minimum atomic E-state index is -4.55. The minimum Gasteiger partial charge on any atom is -0.490 e. The second kappa shape index (κ2) is 8.92. The van der Waals surface area contributed by atoms with Crippen molar-refractivity contribution in [1.29, 1.82) is 0 Å². The molecule has 1 fully saturated rings. The number of sulfonamides is 1. The molecule has 14 heteroatoms. The topological polar surface area (TPSA) is 119 Å². The first-order chi connectivity index (χ1) is 13.5. The zero-order valence-electron chi connectivity index (χ0n) is 15.2. The monoisotopic (exact) mass is 441 g/mol. The maximum Gasteiger partial charge on any atom is 0.411 e. The number of hydrogen-bond acceptors (Lipinski definition) is 7. The molecule has 1 heterocycles. The number of nitro groups is 1. The van der Waals surface area contributed by atoms with Crippen molar-refractivity contribution in [3.8, 4) is 5.75 Å². The van der Waals surface area contributed by atoms with Gasteiger partial charge in [0.25, 0.3) is 0 Å². The molecule has 0 saturated carbocycles. The zero-order chi connectivity index (χ0) is 21.8. The Labute approximate surface area is 164 Å². The zero-order valence-corrected chi connectivity index (χ0v) is 16.0. The summed E-state index contributed by atoms with van der Waals surface area (Å²) in [5, 5.41) is 11.1. The maximum atomic E-state index is 12.7. The van der Waals surface area contributed by atoms with E-state index in [0.29, 0.717) is 0 Å². The number of carbonyl (C=O) groups excluding carboxylic acids is 1. The van der Waals surface area contributed by atoms with Crippen LogP contribution in [0.3, 0.4) is 0 Å². The van der Waals surface area contributed by atoms with E-state index in [-0.39, 0.29) is 36.8 Å². The van der Waals surface area contributed by atoms with Crippen molar-refractivity contribution < 1.29 is 40.8 Å². The maximum absolute atomic E-state index is 12.7. The molecule has 1 aromatic rings. The number of carbonyl (C=O) groups is 1. The third kappa shape index (κ3) is 5.77. The van der Waals surface area contributed by atoms with Gasteiger partial charge in [0.2, 0.25) is 15.9 Å². The lowest BCUT2D eigenvalue weighted by Gasteiger charge is -2.34. The normalized spacial score (nSPS) is 15.9. The quantitative estimate of drug-likeness (QED) is 0.458. The van der Waals surface area contributed by atoms with E-state index >= 15 is 0 Å². The van der Waals surface area contributed by atoms with Crippen molar-refractivity contribution in [3.05, 3.63) is 28.3 Å². The number of benzene rings is 1. The highest BCUT2D eigenvalue weighted by Gasteiger charge is 2.33. The Balaban J connectivity index is 2.02. The lowest BCUT2D eigenvalue weighted by atomic mass is 10.3. The summed E-state index contributed by atoms with van der Waals surface area (Å²) >= 11 is 0. The number of methoxy groups -OCH3 is 1. The van der Waals surface area contributed by atoms with Crippen molar-refractivity contribution >= 4 is 21.6 Å². The largest absolute Gasteiger partial charge is 0.490 e. The number of amides is 1. The molecule has 0 radical (unpaired) electrons. The molecule has 1 amide bonds. The Morgan fingerprint density at radius 2 is 1.86 bits per heavy atom. The third-order valence-electron chi connectivity index (χ3n) is 4.07. The average Bonchev–Trinajstić information content (AvgIpc) is 2.66. The van der Waals surface area contributed by atoms with Gasteiger partial charge in [-0.15, -0.1) is 0 Å². The van der Waals surface area contributed by atoms with Gasteiger partial charge in [-0.3, -0.25) is 14.9 Å². The number of alkyl halides is 3. The number of ether oxygens (including phenoxy) is 2. The molecule has 2 rings (SSSR count). The van der Waals surface area contributed by atoms with Gasteiger partial charge in [0.05, 0.1) is 16.9 Å². The summed E-state index contributed by atoms with van der Waals surface area (Å²) in [6, 6.07) is 3.23. The highest BCUT2D eigenvalue weighted by molar-refractivity contribution is 7.89. The van der Waals surface area contributed by atoms with E-state index in [1.807, 2.05) is 0 Å². The van der Waals surface area contributed by atoms with Crippen LogP contribution in [0, 0.1) is 10.1 Å². The van der Waals surface area contributed by atoms with Gasteiger partial charge in [-0.2, -0.15) is 17.5 Å². The Kier molecular flexibility index (Phi) is 7.02. The van der Waals surface area contributed by atoms with Crippen LogP contribution in [-0.2, 0) is 19.6 Å². The van der Waals surface area contributed by atoms with E-state index in [2.05, 4.69) is 4.74 Å². The molecule has 29 heavy (non-hydrogen) atoms. The van der Waals surface area contributed by atoms with E-state index in [9.17, 15) is 36.5 Å². The first kappa shape index (κ1) is 22.8. The second-order valence-corrected chi connectivity index (χ2v) is 7.92. The van der Waals surface area contributed by atoms with Crippen LogP contribution in [0.1, 0.15) is 0 Å². The summed E-state index contributed by atoms with van der Waals surface area (Å²) in [5.41, 5.74) is -0.510. The van der Waals surface area contributed by atoms with E-state index in [0.717, 1.165) is 10.4 Å². The molecule has 0 bridgehead atoms. The van der Waals surface area contributed by atoms with E-state index in [1.165, 1.54) is 24.1 Å². The molecular weight excluding hydrogens is 423 g/mol. The van der Waals surface area contributed by atoms with E-state index in [4.69, 9.17) is 4.74 Å². The highest BCUT2D eigenvalue weighted by atomic mass is 32.2. The molecule has 0 aliphatic carbocycles. The Morgan fingerprint density at radius 1 is 1.24 bits per heavy atom. The third-order valence-corrected chi connectivity index (χ3v) is 5.96. The lowest BCUT2D eigenvalue weighted by molar-refractivity contribution is -0.386. The van der Waals surface area contributed by atoms with Gasteiger partial charge in [0.1, 0.15) is 13.2 Å². The van der Waals surface area contributed by atoms with Gasteiger partial charge < -0.3 is 14.4 Å². The van der Waals surface area contributed by atoms with Crippen molar-refractivity contribution in [2.45, 2.75) is 11.1 Å². The van der Waals surface area contributed by atoms with Crippen LogP contribution < -0.4 is 4.74 Å². The van der Waals surface area contributed by atoms with Gasteiger partial charge in [-0.25, -0.2) is 8.42 Å². The smallest absolute Gasteiger partial charge is 0.411 e. The molecule has 10 nitrogen and oxygen atoms in total. The van der Waals surface area contributed by atoms with Crippen LogP contribution in [0.5, 0.6) is 5.75 Å². The second-order valence-electron chi connectivity index (χ2n) is 5.98. The Hall–Kier alpha value is -2.45. The van der Waals surface area contributed by atoms with Crippen LogP contribution in [0.15, 0.2) is 23.1 Å². The van der Waals surface area contributed by atoms with Crippen molar-refractivity contribution in [3.63, 3.8) is 0 Å². The predicted octanol–water partition coefficient (Wildman–Crippen LogP) is 1.02. The van der Waals surface area contributed by atoms with Gasteiger partial charge in [0, 0.05) is 32.2 Å². The first-order valence-corrected chi connectivity index (χ1v) is 9.64. The van der Waals surface area contributed by atoms with Gasteiger partial charge in [-0.05, 0) is 12.1 Å². The number of piperazine rings is 1. The molecule has 0 aromatic heterocycles. The van der Waals surface area contributed by atoms with E-state index in [1.54, 1.807) is 0 Å². The fraction of sp³-hybridized carbons (Fsp3) is 0.533. The fourth-order valence-electron chi connectivity index (χ4n) is 2.65. The van der Waals surface area contributed by atoms with E-state index < -0.39 is 45.9 Å². The SMILES string of the molecule is COc1ccc(S(=O)(=O)N2CCN(C(=O)COCC(F)(F)F)CC2)cc1[N+](=O)[O-]. The molecule has 0 N–H and O–H groups in total. The van der Waals surface area contributed by atoms with Crippen LogP contribution in [0.2, 0.25) is 0 Å². The molecule has 0 atom stereocenters. The highest BCUT2D eigenvalue weighted by Crippen LogP contribution is 2.30. The van der Waals surface area contributed by atoms with Crippen molar-refractivity contribution in [2.24, 2.45) is 0 Å². The minimum absolute atomic E-state index is 0.0499. The average molecular weight is 441 g/mol. The number of hydrogen-bond donors (Lipinski definition) is 0. The van der Waals surface area contributed by atoms with Crippen LogP contribution in [-0.4, -0.2) is 81.1 Å². The lowest BCUT2D eigenvalue weighted by Crippen LogP contribution is -2.51. The fourth-order valence-corrected chi connectivity index (χ4v) is 4.09. The Bertz CT molecular complexity index is 868. The number of halogens is 3. The molecule has 1 saturated heterocycles. The molecular formula is C15H18F3N3O7S. The summed E-state index contributed by atoms with van der Waals surface area (Å²) in [6.45, 7) is -2.65. The summed E-state index contributed by atoms with van der Waals surface area (Å²) in [4.78, 5) is 23.1. The van der Waals surface area contributed by atoms with Gasteiger partial charge >= 0.3 is 11.9 Å².